The van der Waals surface area contributed by atoms with Crippen LogP contribution < -0.4 is 0 Å². The molecule has 0 aliphatic heterocycles. The van der Waals surface area contributed by atoms with Gasteiger partial charge < -0.3 is 4.74 Å². The molecule has 0 aromatic heterocycles. The quantitative estimate of drug-likeness (QED) is 0.130. The lowest BCUT2D eigenvalue weighted by molar-refractivity contribution is -0.139. The molecular formula is C135H162O2. The highest BCUT2D eigenvalue weighted by atomic mass is 16.5. The van der Waals surface area contributed by atoms with E-state index in [1.807, 2.05) is 13.8 Å². The molecular weight excluding hydrogens is 1650 g/mol. The van der Waals surface area contributed by atoms with E-state index in [9.17, 15) is 4.79 Å². The third-order valence-corrected chi connectivity index (χ3v) is 36.0. The predicted molar refractivity (Wildman–Crippen MR) is 584 cm³/mol. The first-order valence-electron chi connectivity index (χ1n) is 53.2. The molecule has 0 spiro atoms. The first-order chi connectivity index (χ1) is 65.1. The molecule has 0 fully saturated rings. The van der Waals surface area contributed by atoms with Crippen molar-refractivity contribution in [3.63, 3.8) is 0 Å². The van der Waals surface area contributed by atoms with Crippen LogP contribution in [-0.2, 0) is 9.53 Å². The van der Waals surface area contributed by atoms with Gasteiger partial charge in [-0.05, 0) is 531 Å². The van der Waals surface area contributed by atoms with Gasteiger partial charge in [0.1, 0.15) is 0 Å². The Hall–Kier alpha value is -10.2. The van der Waals surface area contributed by atoms with Crippen molar-refractivity contribution in [1.82, 2.24) is 0 Å². The minimum absolute atomic E-state index is 0. The van der Waals surface area contributed by atoms with E-state index in [1.165, 1.54) is 267 Å². The van der Waals surface area contributed by atoms with E-state index in [2.05, 4.69) is 312 Å². The molecule has 12 aromatic rings. The number of carbonyl (C=O) groups excluding carboxylic acids is 1. The summed E-state index contributed by atoms with van der Waals surface area (Å²) in [5.74, 6) is 1.69. The van der Waals surface area contributed by atoms with Gasteiger partial charge in [0.05, 0.1) is 6.61 Å². The fourth-order valence-electron chi connectivity index (χ4n) is 29.0. The van der Waals surface area contributed by atoms with Crippen molar-refractivity contribution >= 4 is 5.97 Å². The van der Waals surface area contributed by atoms with Crippen LogP contribution in [0.3, 0.4) is 0 Å². The van der Waals surface area contributed by atoms with Crippen LogP contribution in [0.25, 0.3) is 0 Å². The van der Waals surface area contributed by atoms with Crippen LogP contribution in [-0.4, -0.2) is 12.6 Å². The van der Waals surface area contributed by atoms with Gasteiger partial charge in [-0.15, -0.1) is 0 Å². The molecule has 0 atom stereocenters. The summed E-state index contributed by atoms with van der Waals surface area (Å²) >= 11 is 0. The maximum Gasteiger partial charge on any atom is 0.333 e. The second-order valence-corrected chi connectivity index (χ2v) is 45.1. The topological polar surface area (TPSA) is 26.3 Å². The third-order valence-electron chi connectivity index (χ3n) is 36.0. The van der Waals surface area contributed by atoms with Crippen molar-refractivity contribution in [3.8, 4) is 0 Å². The molecule has 0 N–H and O–H groups in total. The van der Waals surface area contributed by atoms with E-state index in [-0.39, 0.29) is 84.4 Å². The molecule has 2 nitrogen and oxygen atoms in total. The van der Waals surface area contributed by atoms with Crippen LogP contribution in [0.1, 0.15) is 488 Å². The van der Waals surface area contributed by atoms with Gasteiger partial charge in [-0.2, -0.15) is 0 Å². The first-order valence-corrected chi connectivity index (χ1v) is 53.2. The van der Waals surface area contributed by atoms with E-state index < -0.39 is 0 Å². The van der Waals surface area contributed by atoms with Crippen molar-refractivity contribution < 1.29 is 9.53 Å². The molecule has 0 heterocycles. The zero-order chi connectivity index (χ0) is 96.3. The Morgan fingerprint density at radius 1 is 0.204 bits per heavy atom. The average Bonchev–Trinajstić information content (AvgIpc) is 0.749. The zero-order valence-electron chi connectivity index (χ0n) is 88.3. The van der Waals surface area contributed by atoms with E-state index in [4.69, 9.17) is 4.74 Å². The predicted octanol–water partition coefficient (Wildman–Crippen LogP) is 36.6. The van der Waals surface area contributed by atoms with Crippen LogP contribution in [0.2, 0.25) is 0 Å². The smallest absolute Gasteiger partial charge is 0.333 e. The number of rotatable bonds is 3. The van der Waals surface area contributed by atoms with Crippen molar-refractivity contribution in [3.05, 3.63) is 424 Å². The molecule has 7 aliphatic carbocycles. The van der Waals surface area contributed by atoms with Gasteiger partial charge in [-0.25, -0.2) is 4.79 Å². The van der Waals surface area contributed by atoms with Crippen molar-refractivity contribution in [2.75, 3.05) is 6.61 Å². The van der Waals surface area contributed by atoms with Gasteiger partial charge in [0.15, 0.2) is 0 Å². The van der Waals surface area contributed by atoms with E-state index in [1.54, 1.807) is 13.0 Å². The van der Waals surface area contributed by atoms with E-state index in [0.29, 0.717) is 12.2 Å². The molecule has 714 valence electrons. The molecule has 36 bridgehead atoms. The molecule has 0 saturated carbocycles. The Bertz CT molecular complexity index is 5440. The van der Waals surface area contributed by atoms with Crippen molar-refractivity contribution in [2.45, 2.75) is 387 Å². The number of hydrogen-bond acceptors (Lipinski definition) is 2. The Morgan fingerprint density at radius 3 is 0.380 bits per heavy atom. The van der Waals surface area contributed by atoms with Crippen molar-refractivity contribution in [1.29, 1.82) is 0 Å². The highest BCUT2D eigenvalue weighted by Gasteiger charge is 2.39. The lowest BCUT2D eigenvalue weighted by Crippen LogP contribution is -2.18. The van der Waals surface area contributed by atoms with Gasteiger partial charge in [-0.3, -0.25) is 0 Å². The lowest BCUT2D eigenvalue weighted by Gasteiger charge is -2.34. The van der Waals surface area contributed by atoms with Crippen LogP contribution in [0.15, 0.2) is 157 Å². The van der Waals surface area contributed by atoms with Crippen LogP contribution in [0, 0.1) is 166 Å². The van der Waals surface area contributed by atoms with Crippen LogP contribution in [0.4, 0.5) is 0 Å². The number of ether oxygens (including phenoxy) is 1. The molecule has 137 heavy (non-hydrogen) atoms. The Labute approximate surface area is 828 Å². The molecule has 2 heteroatoms. The lowest BCUT2D eigenvalue weighted by atomic mass is 9.70. The van der Waals surface area contributed by atoms with Gasteiger partial charge in [0.25, 0.3) is 0 Å². The minimum atomic E-state index is -0.204. The second-order valence-electron chi connectivity index (χ2n) is 45.1. The summed E-state index contributed by atoms with van der Waals surface area (Å²) in [6, 6.07) is 66.5. The number of aryl methyl sites for hydroxylation is 24. The van der Waals surface area contributed by atoms with Gasteiger partial charge in [0.2, 0.25) is 0 Å². The fraction of sp³-hybridized carbons (Fsp3) is 0.444. The van der Waals surface area contributed by atoms with Crippen molar-refractivity contribution in [2.24, 2.45) is 0 Å². The highest BCUT2D eigenvalue weighted by molar-refractivity contribution is 5.87. The summed E-state index contributed by atoms with van der Waals surface area (Å²) in [4.78, 5) is 10.8. The highest BCUT2D eigenvalue weighted by Crippen LogP contribution is 2.56. The third kappa shape index (κ3) is 18.4. The van der Waals surface area contributed by atoms with Crippen LogP contribution in [0.5, 0.6) is 0 Å². The normalized spacial score (nSPS) is 21.7. The number of allylic oxidation sites excluding steroid dienone is 1. The fourth-order valence-corrected chi connectivity index (χ4v) is 29.0. The molecule has 7 aliphatic rings. The first kappa shape index (κ1) is 98.5. The van der Waals surface area contributed by atoms with E-state index in [0.717, 1.165) is 122 Å². The molecule has 0 saturated heterocycles. The second kappa shape index (κ2) is 39.9. The number of hydrogen-bond donors (Lipinski definition) is 0. The number of fused-ring (bicyclic) bond motifs is 24. The van der Waals surface area contributed by atoms with Crippen LogP contribution >= 0.6 is 0 Å². The largest absolute Gasteiger partial charge is 0.462 e. The summed E-state index contributed by atoms with van der Waals surface area (Å²) in [6.45, 7) is 66.2. The Morgan fingerprint density at radius 2 is 0.299 bits per heavy atom. The zero-order valence-corrected chi connectivity index (χ0v) is 88.3. The maximum absolute atomic E-state index is 10.8. The van der Waals surface area contributed by atoms with Gasteiger partial charge in [-0.1, -0.05) is 205 Å². The van der Waals surface area contributed by atoms with Gasteiger partial charge >= 0.3 is 5.97 Å². The Kier molecular flexibility index (Phi) is 28.6. The summed E-state index contributed by atoms with van der Waals surface area (Å²) < 4.78 is 4.84. The summed E-state index contributed by atoms with van der Waals surface area (Å²) in [5, 5.41) is 0. The molecule has 19 rings (SSSR count). The Balaban J connectivity index is 0.00000112. The number of carbonyl (C=O) groups is 1. The molecule has 0 amide bonds. The number of benzene rings is 12. The molecule has 0 radical (unpaired) electrons. The SMILES string of the molecule is C.C/C=C(/C)C(=O)OCCC.Cc1cc(C)c2cc1C1CCCC3c4cc(c(C)cc4C)C4CCCC5c6cc(c(C)cc6C)C6CCCC2c2cc(c(C)cc2C)[C@H]2CCC[C@@H](c7cc1c(C)cc7C)c1cc(c(C)cc1C)[C@H](CCC[C@@H](c1cc4c(C)cc1C)c1cc(c(C)cc1C)[C@H](CCC[C@@H](c1cc6c(C)cc1C)c1cc2c(C)cc1C)c1cc5c(C)cc1C)c1cc3c(C)cc1C. The standard InChI is InChI=1S/C126H144.C8H14O2.CH4/c1-67-43-68(2)104-55-103(67)91-31-25-32-93-105-56-107(71(5)44-69(105)3)96-37-28-38-99-112-59-110(74(8)47-76(112)10)98(120-63-119(93)83(17)51-84(120)18)39-29-40-101-113-60-114(78(12)48-77(113)11)102(126-66-125(99)89(23)54-90(126)24)42-30-41-100-111-58-109(73(7)46-75(111)9)97(123-65-124(101)88(22)53-87(123)21)36-27-35-94(116-61-115(91)79(13)49-80(116)14)106-57-108(72(6)45-70(106)4)95(121-64-122(100)86(20)52-85(121)19)34-26-33-92(104)117-62-118(96)82(16)50-81(117)15;1-4-6-10-8(9)7(3)5-2;/h43-66,91-102H,25-42H2,1-24H3;5H,4,6H2,1-3H3;1H4/b;7-5-;/t91-,92?,93+,94+,95?,96?,97-,98-,99?,100?,101+,102?;;. The molecule has 0 unspecified atom stereocenters. The maximum atomic E-state index is 10.8. The van der Waals surface area contributed by atoms with E-state index >= 15 is 0 Å². The monoisotopic (exact) mass is 1820 g/mol. The summed E-state index contributed by atoms with van der Waals surface area (Å²) in [7, 11) is 0. The average molecular weight is 1820 g/mol. The van der Waals surface area contributed by atoms with Gasteiger partial charge in [0, 0.05) is 76.6 Å². The summed E-state index contributed by atoms with van der Waals surface area (Å²) in [6.07, 6.45) is 21.7. The molecule has 12 aromatic carbocycles. The number of esters is 1. The minimum Gasteiger partial charge on any atom is -0.462 e. The summed E-state index contributed by atoms with van der Waals surface area (Å²) in [5.41, 5.74) is 72.0.